The summed E-state index contributed by atoms with van der Waals surface area (Å²) in [6, 6.07) is 42.5. The van der Waals surface area contributed by atoms with E-state index in [0.717, 1.165) is 0 Å². The molecule has 0 fully saturated rings. The van der Waals surface area contributed by atoms with E-state index in [1.165, 1.54) is 15.9 Å². The molecule has 0 aliphatic heterocycles. The van der Waals surface area contributed by atoms with Crippen molar-refractivity contribution < 1.29 is 30.5 Å². The second kappa shape index (κ2) is 19.5. The van der Waals surface area contributed by atoms with E-state index >= 15 is 0 Å². The van der Waals surface area contributed by atoms with E-state index in [1.807, 2.05) is 30.3 Å². The third-order valence-electron chi connectivity index (χ3n) is 3.98. The minimum absolute atomic E-state index is 0. The number of hydrogen-bond acceptors (Lipinski definition) is 2. The molecule has 0 radical (unpaired) electrons. The van der Waals surface area contributed by atoms with Gasteiger partial charge in [0.2, 0.25) is 0 Å². The molecule has 0 bridgehead atoms. The van der Waals surface area contributed by atoms with E-state index in [2.05, 4.69) is 97.6 Å². The standard InChI is InChI=1S/C18H15P.C5H5.C2H6O2S.CO.Fe/c1-4-10-16(11-5-1)19(17-12-6-2-7-13-17)18-14-8-3-9-15-18;1-2-4-5-3-1;1-2-5(3)4;1-2;/h1-15H;1-5H;2H2,1H3,(H,3,4);;/q;-1;;;. The molecule has 0 amide bonds. The first-order valence-corrected chi connectivity index (χ1v) is 12.4. The smallest absolute Gasteiger partial charge is 0.102 e. The van der Waals surface area contributed by atoms with Crippen LogP contribution in [-0.2, 0) is 32.8 Å². The van der Waals surface area contributed by atoms with E-state index in [-0.39, 0.29) is 22.8 Å². The van der Waals surface area contributed by atoms with Crippen LogP contribution in [-0.4, -0.2) is 14.5 Å². The fourth-order valence-electron chi connectivity index (χ4n) is 2.64. The largest absolute Gasteiger partial charge is 0.214 e. The molecule has 4 aromatic carbocycles. The van der Waals surface area contributed by atoms with Gasteiger partial charge in [-0.05, 0) is 36.4 Å². The third-order valence-corrected chi connectivity index (χ3v) is 7.18. The molecular weight excluding hydrogens is 479 g/mol. The zero-order chi connectivity index (χ0) is 22.7. The monoisotopic (exact) mass is 505 g/mol. The normalized spacial score (nSPS) is 9.91. The molecule has 0 spiro atoms. The zero-order valence-electron chi connectivity index (χ0n) is 17.7. The minimum Gasteiger partial charge on any atom is -0.214 e. The van der Waals surface area contributed by atoms with E-state index in [0.29, 0.717) is 0 Å². The first-order valence-electron chi connectivity index (χ1n) is 9.68. The van der Waals surface area contributed by atoms with Gasteiger partial charge in [-0.2, -0.15) is 18.2 Å². The fourth-order valence-corrected chi connectivity index (χ4v) is 5.21. The fraction of sp³-hybridized carbons (Fsp3) is 0.0769. The Bertz CT molecular complexity index is 852. The molecule has 0 saturated carbocycles. The van der Waals surface area contributed by atoms with Crippen LogP contribution in [0.2, 0.25) is 0 Å². The Balaban J connectivity index is 0.000000614. The summed E-state index contributed by atoms with van der Waals surface area (Å²) in [5.74, 6) is 0.222. The van der Waals surface area contributed by atoms with Crippen LogP contribution in [0.25, 0.3) is 0 Å². The van der Waals surface area contributed by atoms with Gasteiger partial charge in [-0.3, -0.25) is 4.21 Å². The van der Waals surface area contributed by atoms with Crippen molar-refractivity contribution in [2.75, 3.05) is 5.75 Å². The molecule has 4 aromatic rings. The molecule has 6 heteroatoms. The molecule has 1 atom stereocenters. The maximum atomic E-state index is 9.37. The van der Waals surface area contributed by atoms with Gasteiger partial charge in [0.05, 0.1) is 7.92 Å². The minimum atomic E-state index is -1.82. The molecule has 168 valence electrons. The van der Waals surface area contributed by atoms with Crippen molar-refractivity contribution in [1.29, 1.82) is 0 Å². The Hall–Kier alpha value is -2.19. The van der Waals surface area contributed by atoms with Crippen molar-refractivity contribution in [1.82, 2.24) is 0 Å². The topological polar surface area (TPSA) is 60.0 Å². The first kappa shape index (κ1) is 29.8. The Morgan fingerprint density at radius 2 is 1.03 bits per heavy atom. The number of hydrogen-bond donors (Lipinski definition) is 0. The van der Waals surface area contributed by atoms with E-state index in [4.69, 9.17) is 4.65 Å². The molecule has 0 heterocycles. The molecule has 0 N–H and O–H groups in total. The van der Waals surface area contributed by atoms with Crippen LogP contribution in [0, 0.1) is 6.65 Å². The van der Waals surface area contributed by atoms with Gasteiger partial charge in [0.25, 0.3) is 0 Å². The van der Waals surface area contributed by atoms with Crippen LogP contribution in [0.5, 0.6) is 0 Å². The molecule has 1 unspecified atom stereocenters. The summed E-state index contributed by atoms with van der Waals surface area (Å²) < 4.78 is 26.2. The molecule has 0 aliphatic carbocycles. The summed E-state index contributed by atoms with van der Waals surface area (Å²) in [5.41, 5.74) is 0. The average Bonchev–Trinajstić information content (AvgIpc) is 3.44. The SMILES string of the molecule is CCS(=O)[O-].[C-]#[O+].[Fe].c1cc[cH-]c1.c1ccc([PH+](c2ccccc2)c2ccccc2)cc1. The maximum absolute atomic E-state index is 9.37. The van der Waals surface area contributed by atoms with Crippen LogP contribution >= 0.6 is 7.92 Å². The Morgan fingerprint density at radius 1 is 0.750 bits per heavy atom. The zero-order valence-corrected chi connectivity index (χ0v) is 20.7. The van der Waals surface area contributed by atoms with Crippen LogP contribution < -0.4 is 15.9 Å². The van der Waals surface area contributed by atoms with Crippen molar-refractivity contribution in [2.45, 2.75) is 6.92 Å². The molecule has 32 heavy (non-hydrogen) atoms. The average molecular weight is 505 g/mol. The van der Waals surface area contributed by atoms with Gasteiger partial charge in [0.15, 0.2) is 0 Å². The Kier molecular flexibility index (Phi) is 18.2. The van der Waals surface area contributed by atoms with Crippen molar-refractivity contribution >= 4 is 34.9 Å². The second-order valence-electron chi connectivity index (χ2n) is 6.03. The van der Waals surface area contributed by atoms with Crippen LogP contribution in [0.1, 0.15) is 6.92 Å². The Labute approximate surface area is 205 Å². The van der Waals surface area contributed by atoms with Gasteiger partial charge < -0.3 is 4.55 Å². The molecule has 0 aromatic heterocycles. The van der Waals surface area contributed by atoms with Crippen molar-refractivity contribution in [3.05, 3.63) is 128 Å². The van der Waals surface area contributed by atoms with Gasteiger partial charge in [0, 0.05) is 22.8 Å². The Morgan fingerprint density at radius 3 is 1.22 bits per heavy atom. The molecule has 3 nitrogen and oxygen atoms in total. The van der Waals surface area contributed by atoms with Crippen LogP contribution in [0.3, 0.4) is 0 Å². The van der Waals surface area contributed by atoms with Gasteiger partial charge in [-0.1, -0.05) is 72.6 Å². The first-order chi connectivity index (χ1) is 15.2. The molecular formula is C26H26FeO3PS-. The van der Waals surface area contributed by atoms with Gasteiger partial charge in [0.1, 0.15) is 15.9 Å². The summed E-state index contributed by atoms with van der Waals surface area (Å²) in [6.45, 7) is 6.09. The quantitative estimate of drug-likeness (QED) is 0.136. The number of rotatable bonds is 4. The maximum Gasteiger partial charge on any atom is 0.102 e. The van der Waals surface area contributed by atoms with Crippen molar-refractivity contribution in [3.63, 3.8) is 0 Å². The van der Waals surface area contributed by atoms with E-state index in [9.17, 15) is 8.76 Å². The summed E-state index contributed by atoms with van der Waals surface area (Å²) in [4.78, 5) is 0. The third kappa shape index (κ3) is 12.0. The van der Waals surface area contributed by atoms with Crippen LogP contribution in [0.15, 0.2) is 121 Å². The van der Waals surface area contributed by atoms with Gasteiger partial charge >= 0.3 is 11.3 Å². The summed E-state index contributed by atoms with van der Waals surface area (Å²) in [5, 5.41) is 4.31. The second-order valence-corrected chi connectivity index (χ2v) is 9.69. The molecule has 0 saturated heterocycles. The number of benzene rings is 3. The van der Waals surface area contributed by atoms with Crippen molar-refractivity contribution in [3.8, 4) is 0 Å². The van der Waals surface area contributed by atoms with E-state index < -0.39 is 19.0 Å². The van der Waals surface area contributed by atoms with E-state index in [1.54, 1.807) is 6.92 Å². The summed E-state index contributed by atoms with van der Waals surface area (Å²) in [7, 11) is -0.877. The molecule has 4 rings (SSSR count). The summed E-state index contributed by atoms with van der Waals surface area (Å²) in [6.07, 6.45) is 0. The predicted octanol–water partition coefficient (Wildman–Crippen LogP) is 4.43. The molecule has 0 aliphatic rings. The van der Waals surface area contributed by atoms with Gasteiger partial charge in [-0.15, -0.1) is 0 Å². The predicted molar refractivity (Wildman–Crippen MR) is 132 cm³/mol. The van der Waals surface area contributed by atoms with Gasteiger partial charge in [-0.25, -0.2) is 12.1 Å². The summed E-state index contributed by atoms with van der Waals surface area (Å²) >= 11 is -1.82. The van der Waals surface area contributed by atoms with Crippen LogP contribution in [0.4, 0.5) is 0 Å². The van der Waals surface area contributed by atoms with Crippen molar-refractivity contribution in [2.24, 2.45) is 0 Å².